The van der Waals surface area contributed by atoms with Crippen LogP contribution in [0.25, 0.3) is 0 Å². The Balaban J connectivity index is 1.61. The second-order valence-corrected chi connectivity index (χ2v) is 6.53. The molecule has 2 fully saturated rings. The molecule has 3 N–H and O–H groups in total. The molecule has 0 bridgehead atoms. The molecular formula is C17H23N3O4. The Morgan fingerprint density at radius 3 is 2.62 bits per heavy atom. The van der Waals surface area contributed by atoms with E-state index in [4.69, 9.17) is 0 Å². The number of rotatable bonds is 4. The normalized spacial score (nSPS) is 24.2. The van der Waals surface area contributed by atoms with Gasteiger partial charge in [-0.25, -0.2) is 4.79 Å². The third-order valence-electron chi connectivity index (χ3n) is 4.66. The van der Waals surface area contributed by atoms with Crippen molar-refractivity contribution in [3.63, 3.8) is 0 Å². The fraction of sp³-hybridized carbons (Fsp3) is 0.529. The smallest absolute Gasteiger partial charge is 0.321 e. The summed E-state index contributed by atoms with van der Waals surface area (Å²) in [7, 11) is 0. The minimum Gasteiger partial charge on any atom is -0.393 e. The monoisotopic (exact) mass is 333 g/mol. The number of aliphatic hydroxyl groups is 2. The zero-order valence-corrected chi connectivity index (χ0v) is 13.6. The third-order valence-corrected chi connectivity index (χ3v) is 4.66. The number of urea groups is 1. The molecule has 2 aliphatic rings. The first-order chi connectivity index (χ1) is 11.5. The van der Waals surface area contributed by atoms with E-state index in [0.717, 1.165) is 11.3 Å². The highest BCUT2D eigenvalue weighted by Gasteiger charge is 2.34. The quantitative estimate of drug-likeness (QED) is 0.729. The molecule has 24 heavy (non-hydrogen) atoms. The highest BCUT2D eigenvalue weighted by molar-refractivity contribution is 5.94. The molecule has 0 spiro atoms. The SMILES string of the molecule is O=C(Cc1ccc(N2CCNC2=O)cc1)N1CCCC(O)(CO)C1. The largest absolute Gasteiger partial charge is 0.393 e. The number of benzene rings is 1. The van der Waals surface area contributed by atoms with Crippen LogP contribution in [-0.4, -0.2) is 65.4 Å². The van der Waals surface area contributed by atoms with Crippen LogP contribution in [0.5, 0.6) is 0 Å². The van der Waals surface area contributed by atoms with Gasteiger partial charge in [0.25, 0.3) is 0 Å². The summed E-state index contributed by atoms with van der Waals surface area (Å²) < 4.78 is 0. The average molecular weight is 333 g/mol. The van der Waals surface area contributed by atoms with Gasteiger partial charge in [0.15, 0.2) is 0 Å². The molecule has 3 amide bonds. The van der Waals surface area contributed by atoms with Crippen LogP contribution in [-0.2, 0) is 11.2 Å². The molecule has 1 aromatic rings. The number of hydrogen-bond acceptors (Lipinski definition) is 4. The fourth-order valence-electron chi connectivity index (χ4n) is 3.25. The van der Waals surface area contributed by atoms with Gasteiger partial charge in [0.2, 0.25) is 5.91 Å². The molecular weight excluding hydrogens is 310 g/mol. The Kier molecular flexibility index (Phi) is 4.73. The number of hydrogen-bond donors (Lipinski definition) is 3. The van der Waals surface area contributed by atoms with Gasteiger partial charge in [-0.15, -0.1) is 0 Å². The number of β-amino-alcohol motifs (C(OH)–C–C–N with tert-alkyl or cyclic N) is 1. The van der Waals surface area contributed by atoms with Gasteiger partial charge in [-0.3, -0.25) is 9.69 Å². The summed E-state index contributed by atoms with van der Waals surface area (Å²) in [6, 6.07) is 7.28. The maximum absolute atomic E-state index is 12.4. The number of anilines is 1. The summed E-state index contributed by atoms with van der Waals surface area (Å²) in [4.78, 5) is 27.3. The van der Waals surface area contributed by atoms with Gasteiger partial charge in [0.1, 0.15) is 5.60 Å². The van der Waals surface area contributed by atoms with Crippen LogP contribution in [0.3, 0.4) is 0 Å². The van der Waals surface area contributed by atoms with Gasteiger partial charge >= 0.3 is 6.03 Å². The molecule has 1 atom stereocenters. The molecule has 2 saturated heterocycles. The molecule has 130 valence electrons. The Bertz CT molecular complexity index is 619. The minimum atomic E-state index is -1.18. The summed E-state index contributed by atoms with van der Waals surface area (Å²) in [5, 5.41) is 22.2. The van der Waals surface area contributed by atoms with Gasteiger partial charge in [-0.2, -0.15) is 0 Å². The van der Waals surface area contributed by atoms with E-state index in [1.165, 1.54) is 0 Å². The van der Waals surface area contributed by atoms with Crippen LogP contribution in [0.2, 0.25) is 0 Å². The van der Waals surface area contributed by atoms with Gasteiger partial charge in [0.05, 0.1) is 19.6 Å². The number of carbonyl (C=O) groups is 2. The summed E-state index contributed by atoms with van der Waals surface area (Å²) in [5.74, 6) is -0.0618. The number of likely N-dealkylation sites (tertiary alicyclic amines) is 1. The van der Waals surface area contributed by atoms with Gasteiger partial charge in [-0.1, -0.05) is 12.1 Å². The summed E-state index contributed by atoms with van der Waals surface area (Å²) in [6.45, 7) is 1.73. The van der Waals surface area contributed by atoms with Crippen molar-refractivity contribution in [1.29, 1.82) is 0 Å². The van der Waals surface area contributed by atoms with Gasteiger partial charge in [-0.05, 0) is 30.5 Å². The Morgan fingerprint density at radius 1 is 1.25 bits per heavy atom. The second-order valence-electron chi connectivity index (χ2n) is 6.53. The molecule has 1 aromatic carbocycles. The first kappa shape index (κ1) is 16.7. The number of carbonyl (C=O) groups excluding carboxylic acids is 2. The van der Waals surface area contributed by atoms with Crippen LogP contribution in [0.1, 0.15) is 18.4 Å². The molecule has 0 aliphatic carbocycles. The van der Waals surface area contributed by atoms with E-state index < -0.39 is 5.60 Å². The Hall–Kier alpha value is -2.12. The molecule has 1 unspecified atom stereocenters. The van der Waals surface area contributed by atoms with Crippen molar-refractivity contribution < 1.29 is 19.8 Å². The molecule has 0 radical (unpaired) electrons. The third kappa shape index (κ3) is 3.52. The topological polar surface area (TPSA) is 93.1 Å². The molecule has 2 aliphatic heterocycles. The highest BCUT2D eigenvalue weighted by Crippen LogP contribution is 2.22. The van der Waals surface area contributed by atoms with Gasteiger partial charge < -0.3 is 20.4 Å². The van der Waals surface area contributed by atoms with Crippen LogP contribution in [0.4, 0.5) is 10.5 Å². The number of nitrogens with zero attached hydrogens (tertiary/aromatic N) is 2. The highest BCUT2D eigenvalue weighted by atomic mass is 16.3. The summed E-state index contributed by atoms with van der Waals surface area (Å²) >= 11 is 0. The van der Waals surface area contributed by atoms with E-state index in [-0.39, 0.29) is 31.5 Å². The van der Waals surface area contributed by atoms with Crippen molar-refractivity contribution in [2.75, 3.05) is 37.7 Å². The molecule has 7 nitrogen and oxygen atoms in total. The molecule has 3 rings (SSSR count). The standard InChI is InChI=1S/C17H23N3O4/c21-12-17(24)6-1-8-19(11-17)15(22)10-13-2-4-14(5-3-13)20-9-7-18-16(20)23/h2-5,21,24H,1,6-12H2,(H,18,23). The van der Waals surface area contributed by atoms with E-state index >= 15 is 0 Å². The van der Waals surface area contributed by atoms with Crippen LogP contribution < -0.4 is 10.2 Å². The van der Waals surface area contributed by atoms with E-state index in [2.05, 4.69) is 5.32 Å². The van der Waals surface area contributed by atoms with Crippen molar-refractivity contribution in [1.82, 2.24) is 10.2 Å². The van der Waals surface area contributed by atoms with E-state index in [9.17, 15) is 19.8 Å². The average Bonchev–Trinajstić information content (AvgIpc) is 3.02. The first-order valence-electron chi connectivity index (χ1n) is 8.26. The number of nitrogens with one attached hydrogen (secondary N) is 1. The van der Waals surface area contributed by atoms with Crippen molar-refractivity contribution in [3.8, 4) is 0 Å². The second kappa shape index (κ2) is 6.78. The Morgan fingerprint density at radius 2 is 2.00 bits per heavy atom. The maximum atomic E-state index is 12.4. The zero-order valence-electron chi connectivity index (χ0n) is 13.6. The van der Waals surface area contributed by atoms with Crippen LogP contribution in [0, 0.1) is 0 Å². The summed E-state index contributed by atoms with van der Waals surface area (Å²) in [6.07, 6.45) is 1.44. The minimum absolute atomic E-state index is 0.0618. The zero-order chi connectivity index (χ0) is 17.2. The fourth-order valence-corrected chi connectivity index (χ4v) is 3.25. The van der Waals surface area contributed by atoms with Crippen molar-refractivity contribution in [2.24, 2.45) is 0 Å². The van der Waals surface area contributed by atoms with Crippen LogP contribution >= 0.6 is 0 Å². The Labute approximate surface area is 140 Å². The maximum Gasteiger partial charge on any atom is 0.321 e. The summed E-state index contributed by atoms with van der Waals surface area (Å²) in [5.41, 5.74) is 0.497. The lowest BCUT2D eigenvalue weighted by Crippen LogP contribution is -2.52. The number of amides is 3. The van der Waals surface area contributed by atoms with Gasteiger partial charge in [0, 0.05) is 25.3 Å². The number of aliphatic hydroxyl groups excluding tert-OH is 1. The van der Waals surface area contributed by atoms with Crippen LogP contribution in [0.15, 0.2) is 24.3 Å². The van der Waals surface area contributed by atoms with E-state index in [0.29, 0.717) is 32.5 Å². The first-order valence-corrected chi connectivity index (χ1v) is 8.26. The van der Waals surface area contributed by atoms with Crippen molar-refractivity contribution in [2.45, 2.75) is 24.9 Å². The van der Waals surface area contributed by atoms with Crippen molar-refractivity contribution in [3.05, 3.63) is 29.8 Å². The lowest BCUT2D eigenvalue weighted by Gasteiger charge is -2.38. The lowest BCUT2D eigenvalue weighted by atomic mass is 9.93. The predicted molar refractivity (Wildman–Crippen MR) is 88.7 cm³/mol. The van der Waals surface area contributed by atoms with E-state index in [1.807, 2.05) is 24.3 Å². The molecule has 0 saturated carbocycles. The number of piperidine rings is 1. The molecule has 2 heterocycles. The van der Waals surface area contributed by atoms with Crippen molar-refractivity contribution >= 4 is 17.6 Å². The molecule has 0 aromatic heterocycles. The molecule has 7 heteroatoms. The lowest BCUT2D eigenvalue weighted by molar-refractivity contribution is -0.139. The predicted octanol–water partition coefficient (Wildman–Crippen LogP) is 0.104. The van der Waals surface area contributed by atoms with E-state index in [1.54, 1.807) is 9.80 Å².